The summed E-state index contributed by atoms with van der Waals surface area (Å²) in [7, 11) is 0. The van der Waals surface area contributed by atoms with Gasteiger partial charge in [-0.05, 0) is 74.1 Å². The molecule has 0 spiro atoms. The SMILES string of the molecule is C=C(CCCN(CCC)C(CCc1ccccc1C(C)(F)F)=Nc1cc(C(=C)C)ccc1C)CC(C)(C)C. The predicted octanol–water partition coefficient (Wildman–Crippen LogP) is 10.3. The Hall–Kier alpha value is -2.75. The average molecular weight is 523 g/mol. The molecule has 2 rings (SSSR count). The van der Waals surface area contributed by atoms with Gasteiger partial charge >= 0.3 is 0 Å². The molecule has 0 N–H and O–H groups in total. The molecule has 2 aromatic rings. The Bertz CT molecular complexity index is 1120. The Morgan fingerprint density at radius 2 is 1.66 bits per heavy atom. The lowest BCUT2D eigenvalue weighted by atomic mass is 9.87. The normalized spacial score (nSPS) is 12.5. The van der Waals surface area contributed by atoms with E-state index in [4.69, 9.17) is 4.99 Å². The minimum Gasteiger partial charge on any atom is -0.360 e. The number of alkyl halides is 2. The van der Waals surface area contributed by atoms with E-state index in [2.05, 4.69) is 70.9 Å². The lowest BCUT2D eigenvalue weighted by Crippen LogP contribution is -2.33. The second-order valence-corrected chi connectivity index (χ2v) is 11.9. The Morgan fingerprint density at radius 1 is 0.974 bits per heavy atom. The van der Waals surface area contributed by atoms with E-state index in [-0.39, 0.29) is 11.0 Å². The number of nitrogens with zero attached hydrogens (tertiary/aromatic N) is 2. The zero-order valence-corrected chi connectivity index (χ0v) is 24.8. The number of benzene rings is 2. The highest BCUT2D eigenvalue weighted by atomic mass is 19.3. The molecule has 0 bridgehead atoms. The third-order valence-corrected chi connectivity index (χ3v) is 6.66. The third kappa shape index (κ3) is 10.2. The number of aryl methyl sites for hydroxylation is 2. The molecular formula is C34H48F2N2. The molecule has 0 heterocycles. The van der Waals surface area contributed by atoms with Crippen LogP contribution in [0.25, 0.3) is 5.57 Å². The maximum absolute atomic E-state index is 14.3. The van der Waals surface area contributed by atoms with Crippen molar-refractivity contribution in [3.05, 3.63) is 83.4 Å². The van der Waals surface area contributed by atoms with Crippen molar-refractivity contribution >= 4 is 17.1 Å². The molecule has 0 atom stereocenters. The van der Waals surface area contributed by atoms with E-state index in [0.717, 1.165) is 73.9 Å². The monoisotopic (exact) mass is 522 g/mol. The largest absolute Gasteiger partial charge is 0.360 e. The second-order valence-electron chi connectivity index (χ2n) is 11.9. The summed E-state index contributed by atoms with van der Waals surface area (Å²) < 4.78 is 28.7. The van der Waals surface area contributed by atoms with Crippen molar-refractivity contribution in [2.45, 2.75) is 92.9 Å². The second kappa shape index (κ2) is 13.9. The number of amidine groups is 1. The van der Waals surface area contributed by atoms with Crippen molar-refractivity contribution < 1.29 is 8.78 Å². The van der Waals surface area contributed by atoms with Crippen LogP contribution >= 0.6 is 0 Å². The van der Waals surface area contributed by atoms with Crippen molar-refractivity contribution in [3.8, 4) is 0 Å². The van der Waals surface area contributed by atoms with E-state index in [1.165, 1.54) is 11.6 Å². The van der Waals surface area contributed by atoms with Gasteiger partial charge in [-0.3, -0.25) is 0 Å². The Kier molecular flexibility index (Phi) is 11.5. The first kappa shape index (κ1) is 31.5. The lowest BCUT2D eigenvalue weighted by molar-refractivity contribution is 0.0165. The number of halogens is 2. The highest BCUT2D eigenvalue weighted by Crippen LogP contribution is 2.31. The number of rotatable bonds is 13. The number of hydrogen-bond donors (Lipinski definition) is 0. The van der Waals surface area contributed by atoms with E-state index in [1.54, 1.807) is 6.07 Å². The summed E-state index contributed by atoms with van der Waals surface area (Å²) in [4.78, 5) is 7.53. The van der Waals surface area contributed by atoms with Crippen molar-refractivity contribution in [2.24, 2.45) is 10.4 Å². The Labute approximate surface area is 230 Å². The third-order valence-electron chi connectivity index (χ3n) is 6.66. The van der Waals surface area contributed by atoms with Crippen LogP contribution in [-0.4, -0.2) is 23.8 Å². The molecule has 0 saturated carbocycles. The molecule has 4 heteroatoms. The first-order chi connectivity index (χ1) is 17.7. The molecule has 0 aromatic heterocycles. The predicted molar refractivity (Wildman–Crippen MR) is 162 cm³/mol. The molecule has 0 amide bonds. The van der Waals surface area contributed by atoms with Gasteiger partial charge in [0.15, 0.2) is 0 Å². The van der Waals surface area contributed by atoms with E-state index < -0.39 is 5.92 Å². The molecule has 2 nitrogen and oxygen atoms in total. The topological polar surface area (TPSA) is 15.6 Å². The van der Waals surface area contributed by atoms with Crippen LogP contribution in [0.2, 0.25) is 0 Å². The van der Waals surface area contributed by atoms with Gasteiger partial charge in [0.1, 0.15) is 5.84 Å². The summed E-state index contributed by atoms with van der Waals surface area (Å²) in [6, 6.07) is 13.1. The first-order valence-electron chi connectivity index (χ1n) is 13.9. The van der Waals surface area contributed by atoms with Crippen LogP contribution in [0.3, 0.4) is 0 Å². The molecule has 38 heavy (non-hydrogen) atoms. The van der Waals surface area contributed by atoms with Crippen molar-refractivity contribution in [2.75, 3.05) is 13.1 Å². The molecule has 208 valence electrons. The maximum Gasteiger partial charge on any atom is 0.270 e. The Morgan fingerprint density at radius 3 is 2.26 bits per heavy atom. The van der Waals surface area contributed by atoms with Crippen LogP contribution in [0.5, 0.6) is 0 Å². The van der Waals surface area contributed by atoms with E-state index in [9.17, 15) is 8.78 Å². The van der Waals surface area contributed by atoms with Gasteiger partial charge in [0.2, 0.25) is 0 Å². The average Bonchev–Trinajstić information content (AvgIpc) is 2.80. The lowest BCUT2D eigenvalue weighted by Gasteiger charge is -2.28. The van der Waals surface area contributed by atoms with Gasteiger partial charge in [0.05, 0.1) is 5.69 Å². The summed E-state index contributed by atoms with van der Waals surface area (Å²) >= 11 is 0. The van der Waals surface area contributed by atoms with E-state index in [0.29, 0.717) is 18.4 Å². The van der Waals surface area contributed by atoms with Crippen LogP contribution in [0.1, 0.15) is 95.9 Å². The van der Waals surface area contributed by atoms with Crippen LogP contribution in [-0.2, 0) is 12.3 Å². The van der Waals surface area contributed by atoms with Crippen molar-refractivity contribution in [1.29, 1.82) is 0 Å². The standard InChI is InChI=1S/C34H48F2N2/c1-10-21-38(22-13-14-26(4)24-33(6,7)8)32(37-31-23-29(25(2)3)18-17-27(31)5)20-19-28-15-11-12-16-30(28)34(9,35)36/h11-12,15-18,23H,2,4,10,13-14,19-22,24H2,1,3,5-9H3. The molecule has 0 radical (unpaired) electrons. The molecular weight excluding hydrogens is 474 g/mol. The summed E-state index contributed by atoms with van der Waals surface area (Å²) in [6.45, 7) is 24.1. The van der Waals surface area contributed by atoms with Crippen LogP contribution in [0.15, 0.2) is 66.2 Å². The summed E-state index contributed by atoms with van der Waals surface area (Å²) in [6.07, 6.45) is 5.05. The molecule has 0 aliphatic heterocycles. The summed E-state index contributed by atoms with van der Waals surface area (Å²) in [5.74, 6) is -1.93. The van der Waals surface area contributed by atoms with Crippen molar-refractivity contribution in [1.82, 2.24) is 4.90 Å². The fourth-order valence-electron chi connectivity index (χ4n) is 4.83. The molecule has 0 aliphatic rings. The van der Waals surface area contributed by atoms with E-state index in [1.807, 2.05) is 19.1 Å². The minimum atomic E-state index is -2.88. The van der Waals surface area contributed by atoms with Crippen LogP contribution in [0.4, 0.5) is 14.5 Å². The van der Waals surface area contributed by atoms with Gasteiger partial charge in [-0.25, -0.2) is 13.8 Å². The zero-order chi connectivity index (χ0) is 28.5. The molecule has 0 aliphatic carbocycles. The fourth-order valence-corrected chi connectivity index (χ4v) is 4.83. The smallest absolute Gasteiger partial charge is 0.270 e. The van der Waals surface area contributed by atoms with Gasteiger partial charge in [-0.1, -0.05) is 88.4 Å². The summed E-state index contributed by atoms with van der Waals surface area (Å²) in [5, 5.41) is 0. The first-order valence-corrected chi connectivity index (χ1v) is 13.9. The highest BCUT2D eigenvalue weighted by Gasteiger charge is 2.27. The molecule has 2 aromatic carbocycles. The maximum atomic E-state index is 14.3. The number of hydrogen-bond acceptors (Lipinski definition) is 1. The minimum absolute atomic E-state index is 0.0975. The van der Waals surface area contributed by atoms with Gasteiger partial charge < -0.3 is 4.90 Å². The molecule has 0 fully saturated rings. The number of aliphatic imine (C=N–C) groups is 1. The van der Waals surface area contributed by atoms with Gasteiger partial charge in [-0.15, -0.1) is 0 Å². The van der Waals surface area contributed by atoms with Gasteiger partial charge in [-0.2, -0.15) is 0 Å². The molecule has 0 saturated heterocycles. The van der Waals surface area contributed by atoms with Crippen LogP contribution in [0, 0.1) is 12.3 Å². The van der Waals surface area contributed by atoms with E-state index >= 15 is 0 Å². The molecule has 0 unspecified atom stereocenters. The zero-order valence-electron chi connectivity index (χ0n) is 24.8. The van der Waals surface area contributed by atoms with Gasteiger partial charge in [0.25, 0.3) is 5.92 Å². The fraction of sp³-hybridized carbons (Fsp3) is 0.500. The Balaban J connectivity index is 2.39. The van der Waals surface area contributed by atoms with Crippen LogP contribution < -0.4 is 0 Å². The highest BCUT2D eigenvalue weighted by molar-refractivity contribution is 5.86. The quantitative estimate of drug-likeness (QED) is 0.145. The van der Waals surface area contributed by atoms with Crippen molar-refractivity contribution in [3.63, 3.8) is 0 Å². The number of allylic oxidation sites excluding steroid dienone is 2. The summed E-state index contributed by atoms with van der Waals surface area (Å²) in [5.41, 5.74) is 6.32. The van der Waals surface area contributed by atoms with Gasteiger partial charge in [0, 0.05) is 32.0 Å².